The highest BCUT2D eigenvalue weighted by atomic mass is 16.7. The molecule has 3 rings (SSSR count). The maximum Gasteiger partial charge on any atom is 0.303 e. The van der Waals surface area contributed by atoms with Crippen LogP contribution in [0.5, 0.6) is 5.75 Å². The molecule has 1 aliphatic heterocycles. The number of aliphatic hydroxyl groups is 1. The minimum absolute atomic E-state index is 0.0738. The number of benzene rings is 2. The van der Waals surface area contributed by atoms with Gasteiger partial charge in [0, 0.05) is 25.3 Å². The fourth-order valence-electron chi connectivity index (χ4n) is 4.26. The van der Waals surface area contributed by atoms with Crippen molar-refractivity contribution in [3.8, 4) is 5.75 Å². The van der Waals surface area contributed by atoms with Crippen molar-refractivity contribution in [1.82, 2.24) is 0 Å². The van der Waals surface area contributed by atoms with Gasteiger partial charge in [0.2, 0.25) is 0 Å². The van der Waals surface area contributed by atoms with E-state index in [0.29, 0.717) is 18.6 Å². The van der Waals surface area contributed by atoms with Gasteiger partial charge in [-0.2, -0.15) is 0 Å². The number of esters is 1. The van der Waals surface area contributed by atoms with Gasteiger partial charge in [-0.1, -0.05) is 47.6 Å². The molecule has 1 aliphatic rings. The number of Topliss-reactive ketones (excluding diaryl/α,β-unsaturated/α-hetero) is 1. The van der Waals surface area contributed by atoms with Gasteiger partial charge in [-0.25, -0.2) is 0 Å². The van der Waals surface area contributed by atoms with Crippen LogP contribution in [0.25, 0.3) is 10.4 Å². The summed E-state index contributed by atoms with van der Waals surface area (Å²) < 4.78 is 28.9. The quantitative estimate of drug-likeness (QED) is 0.128. The number of rotatable bonds is 14. The van der Waals surface area contributed by atoms with E-state index < -0.39 is 42.0 Å². The van der Waals surface area contributed by atoms with Gasteiger partial charge in [0.15, 0.2) is 11.9 Å². The standard InChI is InChI=1S/C27H33N3O8/c1-18(31)27(33)26(37-19(2)32)25(36-17-21-11-13-22(34-3)14-12-21)24(38-27)23(10-7-15-29-30-28)35-16-20-8-5-4-6-9-20/h4-6,8-9,11-14,23-26,33H,7,10,15-17H2,1-3H3/t23?,24-,25-,26-,27+/m1/s1. The molecular formula is C27H33N3O8. The van der Waals surface area contributed by atoms with Gasteiger partial charge in [-0.15, -0.1) is 0 Å². The van der Waals surface area contributed by atoms with Crippen molar-refractivity contribution in [2.75, 3.05) is 13.7 Å². The van der Waals surface area contributed by atoms with E-state index in [1.165, 1.54) is 6.92 Å². The summed E-state index contributed by atoms with van der Waals surface area (Å²) in [6.45, 7) is 2.84. The maximum absolute atomic E-state index is 12.6. The highest BCUT2D eigenvalue weighted by Crippen LogP contribution is 2.38. The Labute approximate surface area is 221 Å². The van der Waals surface area contributed by atoms with Gasteiger partial charge >= 0.3 is 5.97 Å². The van der Waals surface area contributed by atoms with Crippen LogP contribution in [0.15, 0.2) is 59.7 Å². The normalized spacial score (nSPS) is 23.3. The molecule has 1 N–H and O–H groups in total. The number of ether oxygens (including phenoxy) is 5. The van der Waals surface area contributed by atoms with Crippen molar-refractivity contribution in [2.24, 2.45) is 5.11 Å². The Kier molecular flexibility index (Phi) is 10.6. The van der Waals surface area contributed by atoms with Gasteiger partial charge in [0.1, 0.15) is 18.0 Å². The molecule has 0 radical (unpaired) electrons. The van der Waals surface area contributed by atoms with Crippen LogP contribution in [0, 0.1) is 0 Å². The van der Waals surface area contributed by atoms with E-state index in [9.17, 15) is 14.7 Å². The van der Waals surface area contributed by atoms with E-state index in [0.717, 1.165) is 18.1 Å². The Morgan fingerprint density at radius 2 is 1.79 bits per heavy atom. The monoisotopic (exact) mass is 527 g/mol. The number of azide groups is 1. The SMILES string of the molecule is COc1ccc(CO[C@@H]2[C@@H](C(CCCN=[N+]=[N-])OCc3ccccc3)O[C@@](O)(C(C)=O)[C@@H]2OC(C)=O)cc1. The van der Waals surface area contributed by atoms with Crippen LogP contribution >= 0.6 is 0 Å². The summed E-state index contributed by atoms with van der Waals surface area (Å²) in [7, 11) is 1.57. The smallest absolute Gasteiger partial charge is 0.303 e. The topological polar surface area (TPSA) is 149 Å². The fourth-order valence-corrected chi connectivity index (χ4v) is 4.26. The summed E-state index contributed by atoms with van der Waals surface area (Å²) in [5, 5.41) is 14.8. The first kappa shape index (κ1) is 29.1. The van der Waals surface area contributed by atoms with Crippen molar-refractivity contribution < 1.29 is 38.4 Å². The second-order valence-corrected chi connectivity index (χ2v) is 8.92. The van der Waals surface area contributed by atoms with E-state index in [1.807, 2.05) is 42.5 Å². The van der Waals surface area contributed by atoms with Crippen LogP contribution in [0.4, 0.5) is 0 Å². The Bertz CT molecular complexity index is 1110. The van der Waals surface area contributed by atoms with Gasteiger partial charge in [0.05, 0.1) is 26.4 Å². The molecule has 0 bridgehead atoms. The third kappa shape index (κ3) is 7.53. The first-order chi connectivity index (χ1) is 18.3. The van der Waals surface area contributed by atoms with Crippen molar-refractivity contribution in [2.45, 2.75) is 70.1 Å². The van der Waals surface area contributed by atoms with Crippen LogP contribution in [0.2, 0.25) is 0 Å². The second-order valence-electron chi connectivity index (χ2n) is 8.92. The third-order valence-corrected chi connectivity index (χ3v) is 6.21. The Hall–Kier alpha value is -3.47. The molecule has 2 aromatic carbocycles. The molecule has 11 heteroatoms. The maximum atomic E-state index is 12.6. The number of hydrogen-bond acceptors (Lipinski definition) is 9. The number of carbonyl (C=O) groups is 2. The summed E-state index contributed by atoms with van der Waals surface area (Å²) in [4.78, 5) is 27.3. The molecule has 204 valence electrons. The molecule has 0 saturated carbocycles. The van der Waals surface area contributed by atoms with E-state index in [4.69, 9.17) is 29.2 Å². The van der Waals surface area contributed by atoms with Crippen LogP contribution < -0.4 is 4.74 Å². The molecule has 1 heterocycles. The average Bonchev–Trinajstić information content (AvgIpc) is 3.19. The lowest BCUT2D eigenvalue weighted by Crippen LogP contribution is -2.51. The van der Waals surface area contributed by atoms with Gasteiger partial charge in [-0.05, 0) is 41.6 Å². The summed E-state index contributed by atoms with van der Waals surface area (Å²) in [6, 6.07) is 16.6. The van der Waals surface area contributed by atoms with Crippen LogP contribution in [-0.4, -0.2) is 60.7 Å². The molecular weight excluding hydrogens is 494 g/mol. The average molecular weight is 528 g/mol. The first-order valence-corrected chi connectivity index (χ1v) is 12.3. The predicted molar refractivity (Wildman–Crippen MR) is 136 cm³/mol. The minimum atomic E-state index is -2.43. The number of ketones is 1. The highest BCUT2D eigenvalue weighted by molar-refractivity contribution is 5.85. The molecule has 11 nitrogen and oxygen atoms in total. The molecule has 1 unspecified atom stereocenters. The third-order valence-electron chi connectivity index (χ3n) is 6.21. The zero-order chi connectivity index (χ0) is 27.5. The molecule has 1 saturated heterocycles. The number of nitrogens with zero attached hydrogens (tertiary/aromatic N) is 3. The molecule has 5 atom stereocenters. The molecule has 2 aromatic rings. The zero-order valence-electron chi connectivity index (χ0n) is 21.7. The molecule has 1 fully saturated rings. The molecule has 0 aliphatic carbocycles. The highest BCUT2D eigenvalue weighted by Gasteiger charge is 2.62. The van der Waals surface area contributed by atoms with Crippen LogP contribution in [0.3, 0.4) is 0 Å². The van der Waals surface area contributed by atoms with Gasteiger partial charge in [-0.3, -0.25) is 9.59 Å². The molecule has 38 heavy (non-hydrogen) atoms. The largest absolute Gasteiger partial charge is 0.497 e. The summed E-state index contributed by atoms with van der Waals surface area (Å²) in [6.07, 6.45) is -3.35. The summed E-state index contributed by atoms with van der Waals surface area (Å²) in [5.41, 5.74) is 10.3. The predicted octanol–water partition coefficient (Wildman–Crippen LogP) is 3.86. The van der Waals surface area contributed by atoms with Crippen LogP contribution in [-0.2, 0) is 41.8 Å². The Morgan fingerprint density at radius 1 is 1.11 bits per heavy atom. The minimum Gasteiger partial charge on any atom is -0.497 e. The molecule has 0 amide bonds. The van der Waals surface area contributed by atoms with Crippen molar-refractivity contribution in [3.05, 3.63) is 76.2 Å². The van der Waals surface area contributed by atoms with E-state index in [-0.39, 0.29) is 19.8 Å². The number of methoxy groups -OCH3 is 1. The van der Waals surface area contributed by atoms with Crippen molar-refractivity contribution in [3.63, 3.8) is 0 Å². The van der Waals surface area contributed by atoms with Crippen molar-refractivity contribution >= 4 is 11.8 Å². The Balaban J connectivity index is 1.91. The lowest BCUT2D eigenvalue weighted by atomic mass is 9.97. The van der Waals surface area contributed by atoms with Gasteiger partial charge in [0.25, 0.3) is 5.79 Å². The summed E-state index contributed by atoms with van der Waals surface area (Å²) in [5.74, 6) is -3.20. The molecule has 0 aromatic heterocycles. The van der Waals surface area contributed by atoms with Crippen molar-refractivity contribution in [1.29, 1.82) is 0 Å². The lowest BCUT2D eigenvalue weighted by Gasteiger charge is -2.29. The van der Waals surface area contributed by atoms with E-state index in [1.54, 1.807) is 19.2 Å². The van der Waals surface area contributed by atoms with E-state index >= 15 is 0 Å². The Morgan fingerprint density at radius 3 is 2.39 bits per heavy atom. The van der Waals surface area contributed by atoms with Gasteiger partial charge < -0.3 is 28.8 Å². The zero-order valence-corrected chi connectivity index (χ0v) is 21.7. The van der Waals surface area contributed by atoms with Crippen LogP contribution in [0.1, 0.15) is 37.8 Å². The first-order valence-electron chi connectivity index (χ1n) is 12.3. The lowest BCUT2D eigenvalue weighted by molar-refractivity contribution is -0.234. The molecule has 0 spiro atoms. The number of hydrogen-bond donors (Lipinski definition) is 1. The fraction of sp³-hybridized carbons (Fsp3) is 0.481. The van der Waals surface area contributed by atoms with E-state index in [2.05, 4.69) is 10.0 Å². The second kappa shape index (κ2) is 13.9. The number of carbonyl (C=O) groups excluding carboxylic acids is 2. The summed E-state index contributed by atoms with van der Waals surface area (Å²) >= 11 is 0.